The predicted octanol–water partition coefficient (Wildman–Crippen LogP) is 5.48. The van der Waals surface area contributed by atoms with Crippen molar-refractivity contribution in [2.24, 2.45) is 17.3 Å². The van der Waals surface area contributed by atoms with Gasteiger partial charge in [0.2, 0.25) is 17.7 Å². The normalized spacial score (nSPS) is 22.2. The number of carbonyl (C=O) groups is 3. The summed E-state index contributed by atoms with van der Waals surface area (Å²) < 4.78 is 0. The molecule has 236 valence electrons. The van der Waals surface area contributed by atoms with Gasteiger partial charge in [0.1, 0.15) is 6.04 Å². The molecule has 1 N–H and O–H groups in total. The van der Waals surface area contributed by atoms with E-state index < -0.39 is 11.5 Å². The SMILES string of the molecule is CCC(C(=O)N[C@H](C(=O)N(C)[C@H](CN1CCC[C@H]1C(=O)N1CCC[C@H]1C)C(C)C)C(C)(C)C)C(C)(C)c1ccccc1. The molecule has 2 aliphatic rings. The van der Waals surface area contributed by atoms with E-state index in [1.165, 1.54) is 0 Å². The summed E-state index contributed by atoms with van der Waals surface area (Å²) in [6.45, 7) is 21.1. The van der Waals surface area contributed by atoms with E-state index in [1.807, 2.05) is 57.8 Å². The summed E-state index contributed by atoms with van der Waals surface area (Å²) in [5, 5.41) is 3.22. The van der Waals surface area contributed by atoms with Gasteiger partial charge in [0.05, 0.1) is 6.04 Å². The first-order valence-electron chi connectivity index (χ1n) is 16.3. The van der Waals surface area contributed by atoms with Crippen LogP contribution in [0, 0.1) is 17.3 Å². The molecule has 0 bridgehead atoms. The van der Waals surface area contributed by atoms with Crippen molar-refractivity contribution >= 4 is 17.7 Å². The van der Waals surface area contributed by atoms with E-state index in [9.17, 15) is 14.4 Å². The maximum atomic E-state index is 14.3. The van der Waals surface area contributed by atoms with Crippen LogP contribution in [-0.4, -0.2) is 83.3 Å². The zero-order valence-electron chi connectivity index (χ0n) is 28.1. The van der Waals surface area contributed by atoms with Gasteiger partial charge in [-0.25, -0.2) is 0 Å². The van der Waals surface area contributed by atoms with Gasteiger partial charge in [-0.05, 0) is 62.5 Å². The van der Waals surface area contributed by atoms with Crippen LogP contribution in [0.3, 0.4) is 0 Å². The third kappa shape index (κ3) is 7.56. The van der Waals surface area contributed by atoms with Crippen LogP contribution in [0.15, 0.2) is 30.3 Å². The van der Waals surface area contributed by atoms with Crippen LogP contribution in [0.1, 0.15) is 100.0 Å². The maximum absolute atomic E-state index is 14.3. The summed E-state index contributed by atoms with van der Waals surface area (Å²) in [5.74, 6) is 0.00233. The fourth-order valence-corrected chi connectivity index (χ4v) is 7.15. The number of likely N-dealkylation sites (N-methyl/N-ethyl adjacent to an activating group) is 1. The summed E-state index contributed by atoms with van der Waals surface area (Å²) in [6, 6.07) is 9.60. The lowest BCUT2D eigenvalue weighted by atomic mass is 9.71. The molecule has 7 heteroatoms. The second-order valence-electron chi connectivity index (χ2n) is 14.8. The molecule has 0 aromatic heterocycles. The molecule has 0 saturated carbocycles. The van der Waals surface area contributed by atoms with Crippen molar-refractivity contribution < 1.29 is 14.4 Å². The lowest BCUT2D eigenvalue weighted by Crippen LogP contribution is -2.60. The van der Waals surface area contributed by atoms with E-state index in [4.69, 9.17) is 0 Å². The van der Waals surface area contributed by atoms with E-state index in [2.05, 4.69) is 61.9 Å². The molecule has 3 rings (SSSR count). The molecular formula is C35H58N4O3. The van der Waals surface area contributed by atoms with Gasteiger partial charge in [-0.15, -0.1) is 0 Å². The zero-order chi connectivity index (χ0) is 31.4. The molecule has 1 unspecified atom stereocenters. The number of benzene rings is 1. The standard InChI is InChI=1S/C35H58N4O3/c1-11-27(35(8,9)26-18-13-12-14-19-26)31(40)36-30(34(5,6)7)33(42)37(10)29(24(2)3)23-38-21-16-20-28(38)32(41)39-22-15-17-25(39)4/h12-14,18-19,24-25,27-30H,11,15-17,20-23H2,1-10H3,(H,36,40)/t25-,27?,28+,29-,30-/m1/s1. The highest BCUT2D eigenvalue weighted by Crippen LogP contribution is 2.35. The second kappa shape index (κ2) is 13.9. The van der Waals surface area contributed by atoms with Crippen LogP contribution in [-0.2, 0) is 19.8 Å². The summed E-state index contributed by atoms with van der Waals surface area (Å²) in [4.78, 5) is 47.9. The molecular weight excluding hydrogens is 524 g/mol. The number of nitrogens with one attached hydrogen (secondary N) is 1. The van der Waals surface area contributed by atoms with E-state index in [0.29, 0.717) is 19.0 Å². The number of hydrogen-bond donors (Lipinski definition) is 1. The molecule has 1 aromatic carbocycles. The Bertz CT molecular complexity index is 1060. The summed E-state index contributed by atoms with van der Waals surface area (Å²) in [7, 11) is 1.87. The number of rotatable bonds is 11. The molecule has 0 aliphatic carbocycles. The first-order chi connectivity index (χ1) is 19.6. The monoisotopic (exact) mass is 582 g/mol. The number of carbonyl (C=O) groups excluding carboxylic acids is 3. The first kappa shape index (κ1) is 34.1. The van der Waals surface area contributed by atoms with Crippen molar-refractivity contribution in [3.8, 4) is 0 Å². The van der Waals surface area contributed by atoms with Gasteiger partial charge >= 0.3 is 0 Å². The quantitative estimate of drug-likeness (QED) is 0.375. The Morgan fingerprint density at radius 3 is 2.14 bits per heavy atom. The Labute approximate surface area is 255 Å². The number of likely N-dealkylation sites (tertiary alicyclic amines) is 2. The minimum absolute atomic E-state index is 0.0721. The van der Waals surface area contributed by atoms with Crippen LogP contribution >= 0.6 is 0 Å². The molecule has 42 heavy (non-hydrogen) atoms. The topological polar surface area (TPSA) is 73.0 Å². The predicted molar refractivity (Wildman–Crippen MR) is 171 cm³/mol. The van der Waals surface area contributed by atoms with Crippen LogP contribution in [0.4, 0.5) is 0 Å². The molecule has 5 atom stereocenters. The largest absolute Gasteiger partial charge is 0.344 e. The maximum Gasteiger partial charge on any atom is 0.245 e. The van der Waals surface area contributed by atoms with E-state index in [-0.39, 0.29) is 47.1 Å². The smallest absolute Gasteiger partial charge is 0.245 e. The van der Waals surface area contributed by atoms with Gasteiger partial charge in [0.15, 0.2) is 0 Å². The Balaban J connectivity index is 1.79. The van der Waals surface area contributed by atoms with Crippen molar-refractivity contribution in [3.05, 3.63) is 35.9 Å². The molecule has 2 heterocycles. The minimum Gasteiger partial charge on any atom is -0.344 e. The molecule has 0 spiro atoms. The summed E-state index contributed by atoms with van der Waals surface area (Å²) in [6.07, 6.45) is 4.69. The molecule has 1 aromatic rings. The molecule has 2 aliphatic heterocycles. The van der Waals surface area contributed by atoms with E-state index in [0.717, 1.165) is 44.3 Å². The summed E-state index contributed by atoms with van der Waals surface area (Å²) >= 11 is 0. The van der Waals surface area contributed by atoms with Crippen molar-refractivity contribution in [2.45, 2.75) is 124 Å². The second-order valence-corrected chi connectivity index (χ2v) is 14.8. The third-order valence-electron chi connectivity index (χ3n) is 10.0. The van der Waals surface area contributed by atoms with Gasteiger partial charge in [-0.2, -0.15) is 0 Å². The van der Waals surface area contributed by atoms with Crippen molar-refractivity contribution in [3.63, 3.8) is 0 Å². The summed E-state index contributed by atoms with van der Waals surface area (Å²) in [5.41, 5.74) is 0.248. The van der Waals surface area contributed by atoms with Crippen LogP contribution in [0.5, 0.6) is 0 Å². The van der Waals surface area contributed by atoms with Crippen LogP contribution < -0.4 is 5.32 Å². The zero-order valence-corrected chi connectivity index (χ0v) is 28.1. The Kier molecular flexibility index (Phi) is 11.3. The Morgan fingerprint density at radius 2 is 1.62 bits per heavy atom. The van der Waals surface area contributed by atoms with Gasteiger partial charge < -0.3 is 15.1 Å². The van der Waals surface area contributed by atoms with Crippen molar-refractivity contribution in [2.75, 3.05) is 26.7 Å². The van der Waals surface area contributed by atoms with Crippen molar-refractivity contribution in [1.29, 1.82) is 0 Å². The van der Waals surface area contributed by atoms with Gasteiger partial charge in [-0.3, -0.25) is 19.3 Å². The Hall–Kier alpha value is -2.41. The highest BCUT2D eigenvalue weighted by Gasteiger charge is 2.43. The average molecular weight is 583 g/mol. The number of amides is 3. The highest BCUT2D eigenvalue weighted by atomic mass is 16.2. The molecule has 2 fully saturated rings. The molecule has 2 saturated heterocycles. The number of nitrogens with zero attached hydrogens (tertiary/aromatic N) is 3. The lowest BCUT2D eigenvalue weighted by Gasteiger charge is -2.41. The average Bonchev–Trinajstić information content (AvgIpc) is 3.58. The third-order valence-corrected chi connectivity index (χ3v) is 10.0. The van der Waals surface area contributed by atoms with E-state index >= 15 is 0 Å². The van der Waals surface area contributed by atoms with Gasteiger partial charge in [-0.1, -0.05) is 85.7 Å². The van der Waals surface area contributed by atoms with Gasteiger partial charge in [0.25, 0.3) is 0 Å². The lowest BCUT2D eigenvalue weighted by molar-refractivity contribution is -0.143. The van der Waals surface area contributed by atoms with Crippen LogP contribution in [0.2, 0.25) is 0 Å². The first-order valence-corrected chi connectivity index (χ1v) is 16.3. The fraction of sp³-hybridized carbons (Fsp3) is 0.743. The van der Waals surface area contributed by atoms with Crippen LogP contribution in [0.25, 0.3) is 0 Å². The van der Waals surface area contributed by atoms with Gasteiger partial charge in [0, 0.05) is 43.6 Å². The van der Waals surface area contributed by atoms with E-state index in [1.54, 1.807) is 0 Å². The molecule has 3 amide bonds. The molecule has 0 radical (unpaired) electrons. The minimum atomic E-state index is -0.668. The number of hydrogen-bond acceptors (Lipinski definition) is 4. The Morgan fingerprint density at radius 1 is 1.00 bits per heavy atom. The van der Waals surface area contributed by atoms with Crippen molar-refractivity contribution in [1.82, 2.24) is 20.0 Å². The molecule has 7 nitrogen and oxygen atoms in total. The highest BCUT2D eigenvalue weighted by molar-refractivity contribution is 5.90. The fourth-order valence-electron chi connectivity index (χ4n) is 7.15.